The molecule has 0 aliphatic heterocycles. The quantitative estimate of drug-likeness (QED) is 0.325. The van der Waals surface area contributed by atoms with E-state index in [1.807, 2.05) is 0 Å². The number of nitrogens with zero attached hydrogens (tertiary/aromatic N) is 3. The van der Waals surface area contributed by atoms with Gasteiger partial charge in [0.2, 0.25) is 0 Å². The molecule has 1 heterocycles. The number of ether oxygens (including phenoxy) is 2. The summed E-state index contributed by atoms with van der Waals surface area (Å²) in [4.78, 5) is 40.3. The minimum Gasteiger partial charge on any atom is -0.497 e. The zero-order valence-corrected chi connectivity index (χ0v) is 17.8. The molecule has 0 fully saturated rings. The zero-order valence-electron chi connectivity index (χ0n) is 17.8. The number of nitrogens with one attached hydrogen (secondary N) is 1. The van der Waals surface area contributed by atoms with Gasteiger partial charge in [-0.05, 0) is 30.7 Å². The molecular weight excluding hydrogens is 416 g/mol. The van der Waals surface area contributed by atoms with Crippen LogP contribution in [0.15, 0.2) is 54.9 Å². The maximum Gasteiger partial charge on any atom is 0.338 e. The van der Waals surface area contributed by atoms with Gasteiger partial charge in [0.1, 0.15) is 17.6 Å². The van der Waals surface area contributed by atoms with Gasteiger partial charge >= 0.3 is 5.97 Å². The first kappa shape index (κ1) is 22.5. The van der Waals surface area contributed by atoms with Gasteiger partial charge in [-0.1, -0.05) is 12.1 Å². The Morgan fingerprint density at radius 2 is 1.88 bits per heavy atom. The van der Waals surface area contributed by atoms with Crippen LogP contribution in [0.1, 0.15) is 45.1 Å². The van der Waals surface area contributed by atoms with Crippen LogP contribution in [-0.2, 0) is 11.8 Å². The van der Waals surface area contributed by atoms with E-state index in [4.69, 9.17) is 9.47 Å². The number of benzene rings is 2. The Morgan fingerprint density at radius 1 is 1.19 bits per heavy atom. The molecule has 3 rings (SSSR count). The summed E-state index contributed by atoms with van der Waals surface area (Å²) in [7, 11) is 3.34. The molecule has 3 aromatic rings. The fourth-order valence-electron chi connectivity index (χ4n) is 3.14. The molecule has 10 nitrogen and oxygen atoms in total. The topological polar surface area (TPSA) is 126 Å². The van der Waals surface area contributed by atoms with Crippen molar-refractivity contribution in [3.05, 3.63) is 87.5 Å². The third kappa shape index (κ3) is 4.91. The van der Waals surface area contributed by atoms with Crippen LogP contribution in [0.25, 0.3) is 0 Å². The van der Waals surface area contributed by atoms with Crippen molar-refractivity contribution < 1.29 is 24.0 Å². The number of aryl methyl sites for hydroxylation is 1. The molecule has 0 radical (unpaired) electrons. The van der Waals surface area contributed by atoms with Gasteiger partial charge in [-0.3, -0.25) is 14.9 Å². The van der Waals surface area contributed by atoms with Gasteiger partial charge in [0, 0.05) is 37.1 Å². The van der Waals surface area contributed by atoms with E-state index in [9.17, 15) is 19.7 Å². The average Bonchev–Trinajstić information content (AvgIpc) is 3.22. The van der Waals surface area contributed by atoms with Gasteiger partial charge in [-0.2, -0.15) is 0 Å². The second-order valence-corrected chi connectivity index (χ2v) is 6.82. The van der Waals surface area contributed by atoms with Gasteiger partial charge in [0.05, 0.1) is 24.2 Å². The first-order valence-electron chi connectivity index (χ1n) is 9.72. The highest BCUT2D eigenvalue weighted by molar-refractivity contribution is 5.99. The summed E-state index contributed by atoms with van der Waals surface area (Å²) in [6.45, 7) is 1.72. The van der Waals surface area contributed by atoms with E-state index in [-0.39, 0.29) is 17.7 Å². The molecule has 166 valence electrons. The summed E-state index contributed by atoms with van der Waals surface area (Å²) in [5.74, 6) is -0.153. The SMILES string of the molecule is CCOC(=O)c1cc(C(=O)NC(c2ccc(OC)cc2)c2nccn2C)cc([N+](=O)[O-])c1. The molecule has 0 saturated heterocycles. The molecule has 1 amide bonds. The lowest BCUT2D eigenvalue weighted by Crippen LogP contribution is -2.31. The maximum atomic E-state index is 13.1. The maximum absolute atomic E-state index is 13.1. The Balaban J connectivity index is 1.99. The van der Waals surface area contributed by atoms with E-state index in [1.165, 1.54) is 6.07 Å². The number of nitro groups is 1. The summed E-state index contributed by atoms with van der Waals surface area (Å²) in [6, 6.07) is 9.89. The highest BCUT2D eigenvalue weighted by atomic mass is 16.6. The highest BCUT2D eigenvalue weighted by Gasteiger charge is 2.24. The number of carbonyl (C=O) groups is 2. The minimum atomic E-state index is -0.749. The molecule has 0 bridgehead atoms. The zero-order chi connectivity index (χ0) is 23.3. The van der Waals surface area contributed by atoms with E-state index in [2.05, 4.69) is 10.3 Å². The number of amides is 1. The van der Waals surface area contributed by atoms with Crippen molar-refractivity contribution in [1.82, 2.24) is 14.9 Å². The fraction of sp³-hybridized carbons (Fsp3) is 0.227. The molecule has 10 heteroatoms. The predicted molar refractivity (Wildman–Crippen MR) is 115 cm³/mol. The summed E-state index contributed by atoms with van der Waals surface area (Å²) in [6.07, 6.45) is 3.34. The van der Waals surface area contributed by atoms with E-state index in [0.29, 0.717) is 11.6 Å². The lowest BCUT2D eigenvalue weighted by molar-refractivity contribution is -0.384. The Labute approximate surface area is 183 Å². The van der Waals surface area contributed by atoms with Crippen molar-refractivity contribution in [1.29, 1.82) is 0 Å². The van der Waals surface area contributed by atoms with Gasteiger partial charge in [0.25, 0.3) is 11.6 Å². The Kier molecular flexibility index (Phi) is 6.83. The summed E-state index contributed by atoms with van der Waals surface area (Å²) in [5.41, 5.74) is 0.211. The van der Waals surface area contributed by atoms with Crippen LogP contribution < -0.4 is 10.1 Å². The van der Waals surface area contributed by atoms with Crippen LogP contribution in [0.5, 0.6) is 5.75 Å². The van der Waals surface area contributed by atoms with E-state index in [0.717, 1.165) is 17.7 Å². The standard InChI is InChI=1S/C22H22N4O6/c1-4-32-22(28)16-11-15(12-17(13-16)26(29)30)21(27)24-19(20-23-9-10-25(20)2)14-5-7-18(31-3)8-6-14/h5-13,19H,4H2,1-3H3,(H,24,27). The van der Waals surface area contributed by atoms with Crippen LogP contribution in [0.4, 0.5) is 5.69 Å². The van der Waals surface area contributed by atoms with E-state index >= 15 is 0 Å². The highest BCUT2D eigenvalue weighted by Crippen LogP contribution is 2.25. The summed E-state index contributed by atoms with van der Waals surface area (Å²) in [5, 5.41) is 14.2. The Bertz CT molecular complexity index is 1140. The number of hydrogen-bond donors (Lipinski definition) is 1. The molecule has 0 aliphatic carbocycles. The molecule has 1 unspecified atom stereocenters. The van der Waals surface area contributed by atoms with Gasteiger partial charge < -0.3 is 19.4 Å². The van der Waals surface area contributed by atoms with E-state index < -0.39 is 28.5 Å². The number of rotatable bonds is 8. The van der Waals surface area contributed by atoms with E-state index in [1.54, 1.807) is 62.3 Å². The van der Waals surface area contributed by atoms with Crippen molar-refractivity contribution in [2.45, 2.75) is 13.0 Å². The number of methoxy groups -OCH3 is 1. The molecule has 2 aromatic carbocycles. The van der Waals surface area contributed by atoms with Gasteiger partial charge in [-0.25, -0.2) is 9.78 Å². The molecule has 1 atom stereocenters. The monoisotopic (exact) mass is 438 g/mol. The predicted octanol–water partition coefficient (Wildman–Crippen LogP) is 3.03. The molecule has 0 spiro atoms. The number of esters is 1. The molecular formula is C22H22N4O6. The smallest absolute Gasteiger partial charge is 0.338 e. The number of imidazole rings is 1. The third-order valence-electron chi connectivity index (χ3n) is 4.74. The molecule has 1 N–H and O–H groups in total. The number of nitro benzene ring substituents is 1. The van der Waals surface area contributed by atoms with Crippen molar-refractivity contribution in [3.63, 3.8) is 0 Å². The van der Waals surface area contributed by atoms with Crippen LogP contribution in [0.3, 0.4) is 0 Å². The van der Waals surface area contributed by atoms with Crippen molar-refractivity contribution in [2.75, 3.05) is 13.7 Å². The molecule has 0 saturated carbocycles. The summed E-state index contributed by atoms with van der Waals surface area (Å²) < 4.78 is 11.9. The van der Waals surface area contributed by atoms with Crippen LogP contribution in [0, 0.1) is 10.1 Å². The first-order valence-corrected chi connectivity index (χ1v) is 9.72. The lowest BCUT2D eigenvalue weighted by Gasteiger charge is -2.19. The normalized spacial score (nSPS) is 11.5. The first-order chi connectivity index (χ1) is 15.3. The van der Waals surface area contributed by atoms with Crippen molar-refractivity contribution >= 4 is 17.6 Å². The lowest BCUT2D eigenvalue weighted by atomic mass is 10.0. The van der Waals surface area contributed by atoms with Crippen molar-refractivity contribution in [2.24, 2.45) is 7.05 Å². The third-order valence-corrected chi connectivity index (χ3v) is 4.74. The number of aromatic nitrogens is 2. The Hall–Kier alpha value is -4.21. The van der Waals surface area contributed by atoms with Crippen LogP contribution in [-0.4, -0.2) is 40.1 Å². The minimum absolute atomic E-state index is 0.0463. The fourth-order valence-corrected chi connectivity index (χ4v) is 3.14. The molecule has 0 aliphatic rings. The molecule has 32 heavy (non-hydrogen) atoms. The van der Waals surface area contributed by atoms with Gasteiger partial charge in [-0.15, -0.1) is 0 Å². The Morgan fingerprint density at radius 3 is 2.44 bits per heavy atom. The van der Waals surface area contributed by atoms with Crippen LogP contribution >= 0.6 is 0 Å². The van der Waals surface area contributed by atoms with Crippen LogP contribution in [0.2, 0.25) is 0 Å². The average molecular weight is 438 g/mol. The largest absolute Gasteiger partial charge is 0.497 e. The second kappa shape index (κ2) is 9.73. The van der Waals surface area contributed by atoms with Crippen molar-refractivity contribution in [3.8, 4) is 5.75 Å². The number of non-ortho nitro benzene ring substituents is 1. The number of hydrogen-bond acceptors (Lipinski definition) is 7. The number of carbonyl (C=O) groups excluding carboxylic acids is 2. The second-order valence-electron chi connectivity index (χ2n) is 6.82. The van der Waals surface area contributed by atoms with Gasteiger partial charge in [0.15, 0.2) is 0 Å². The summed E-state index contributed by atoms with van der Waals surface area (Å²) >= 11 is 0. The molecule has 1 aromatic heterocycles.